The second-order valence-electron chi connectivity index (χ2n) is 8.96. The van der Waals surface area contributed by atoms with Crippen LogP contribution < -0.4 is 10.2 Å². The van der Waals surface area contributed by atoms with Crippen LogP contribution in [0, 0.1) is 11.3 Å². The lowest BCUT2D eigenvalue weighted by atomic mass is 9.79. The normalized spacial score (nSPS) is 17.3. The summed E-state index contributed by atoms with van der Waals surface area (Å²) in [5.41, 5.74) is 2.88. The highest BCUT2D eigenvalue weighted by Gasteiger charge is 2.31. The van der Waals surface area contributed by atoms with Crippen LogP contribution in [0.15, 0.2) is 36.4 Å². The van der Waals surface area contributed by atoms with Crippen LogP contribution in [0.5, 0.6) is 0 Å². The van der Waals surface area contributed by atoms with Crippen LogP contribution in [-0.2, 0) is 4.74 Å². The number of nitrogens with one attached hydrogen (secondary N) is 2. The van der Waals surface area contributed by atoms with E-state index in [1.165, 1.54) is 0 Å². The third kappa shape index (κ3) is 4.93. The fourth-order valence-corrected chi connectivity index (χ4v) is 4.42. The van der Waals surface area contributed by atoms with Gasteiger partial charge in [-0.15, -0.1) is 0 Å². The van der Waals surface area contributed by atoms with Gasteiger partial charge in [-0.1, -0.05) is 24.6 Å². The van der Waals surface area contributed by atoms with Gasteiger partial charge in [0.15, 0.2) is 5.69 Å². The fraction of sp³-hybridized carbons (Fsp3) is 0.480. The Morgan fingerprint density at radius 1 is 1.19 bits per heavy atom. The molecule has 0 radical (unpaired) electrons. The van der Waals surface area contributed by atoms with Crippen molar-refractivity contribution >= 4 is 28.9 Å². The summed E-state index contributed by atoms with van der Waals surface area (Å²) in [6, 6.07) is 11.2. The SMILES string of the molecule is CC(C)OC1CCN(c2cc(C(=O)O)nc(Nc3ccccc3)c2C(=N)C2CCC2)CC1. The van der Waals surface area contributed by atoms with E-state index < -0.39 is 5.97 Å². The van der Waals surface area contributed by atoms with Crippen LogP contribution in [0.25, 0.3) is 0 Å². The molecule has 2 aromatic rings. The van der Waals surface area contributed by atoms with Gasteiger partial charge in [0.1, 0.15) is 5.82 Å². The Bertz CT molecular complexity index is 965. The molecule has 2 aliphatic rings. The zero-order chi connectivity index (χ0) is 22.7. The first-order valence-corrected chi connectivity index (χ1v) is 11.5. The molecule has 1 aromatic heterocycles. The Labute approximate surface area is 189 Å². The number of nitrogens with zero attached hydrogens (tertiary/aromatic N) is 2. The first-order valence-electron chi connectivity index (χ1n) is 11.5. The molecule has 170 valence electrons. The lowest BCUT2D eigenvalue weighted by Crippen LogP contribution is -2.39. The number of hydrogen-bond acceptors (Lipinski definition) is 6. The van der Waals surface area contributed by atoms with Crippen molar-refractivity contribution in [2.24, 2.45) is 5.92 Å². The van der Waals surface area contributed by atoms with Crippen molar-refractivity contribution < 1.29 is 14.6 Å². The number of aromatic carboxylic acids is 1. The molecule has 1 aromatic carbocycles. The Hall–Kier alpha value is -2.93. The van der Waals surface area contributed by atoms with Crippen molar-refractivity contribution in [3.63, 3.8) is 0 Å². The van der Waals surface area contributed by atoms with Crippen molar-refractivity contribution in [1.82, 2.24) is 4.98 Å². The second kappa shape index (κ2) is 9.69. The number of aromatic nitrogens is 1. The van der Waals surface area contributed by atoms with Crippen molar-refractivity contribution in [3.8, 4) is 0 Å². The first kappa shape index (κ1) is 22.3. The molecule has 0 atom stereocenters. The van der Waals surface area contributed by atoms with Crippen molar-refractivity contribution in [2.75, 3.05) is 23.3 Å². The molecule has 2 fully saturated rings. The van der Waals surface area contributed by atoms with Crippen molar-refractivity contribution in [1.29, 1.82) is 5.41 Å². The summed E-state index contributed by atoms with van der Waals surface area (Å²) in [7, 11) is 0. The van der Waals surface area contributed by atoms with E-state index in [2.05, 4.69) is 15.2 Å². The number of carbonyl (C=O) groups is 1. The highest BCUT2D eigenvalue weighted by atomic mass is 16.5. The summed E-state index contributed by atoms with van der Waals surface area (Å²) in [4.78, 5) is 18.6. The Balaban J connectivity index is 1.73. The highest BCUT2D eigenvalue weighted by molar-refractivity contribution is 6.10. The maximum Gasteiger partial charge on any atom is 0.354 e. The molecule has 32 heavy (non-hydrogen) atoms. The molecular formula is C25H32N4O3. The summed E-state index contributed by atoms with van der Waals surface area (Å²) in [6.07, 6.45) is 5.27. The van der Waals surface area contributed by atoms with Gasteiger partial charge < -0.3 is 25.5 Å². The van der Waals surface area contributed by atoms with Gasteiger partial charge in [-0.2, -0.15) is 0 Å². The molecule has 1 aliphatic carbocycles. The van der Waals surface area contributed by atoms with E-state index >= 15 is 0 Å². The van der Waals surface area contributed by atoms with E-state index in [9.17, 15) is 9.90 Å². The fourth-order valence-electron chi connectivity index (χ4n) is 4.42. The number of carboxylic acid groups (broad SMARTS) is 1. The van der Waals surface area contributed by atoms with E-state index in [1.807, 2.05) is 44.2 Å². The number of benzene rings is 1. The predicted octanol–water partition coefficient (Wildman–Crippen LogP) is 5.09. The van der Waals surface area contributed by atoms with E-state index in [0.29, 0.717) is 11.5 Å². The van der Waals surface area contributed by atoms with Gasteiger partial charge in [0.05, 0.1) is 23.5 Å². The Morgan fingerprint density at radius 2 is 1.88 bits per heavy atom. The van der Waals surface area contributed by atoms with Gasteiger partial charge in [0.25, 0.3) is 0 Å². The quantitative estimate of drug-likeness (QED) is 0.499. The lowest BCUT2D eigenvalue weighted by Gasteiger charge is -2.37. The zero-order valence-electron chi connectivity index (χ0n) is 18.8. The van der Waals surface area contributed by atoms with Gasteiger partial charge >= 0.3 is 5.97 Å². The minimum atomic E-state index is -1.07. The number of rotatable bonds is 8. The smallest absolute Gasteiger partial charge is 0.354 e. The summed E-state index contributed by atoms with van der Waals surface area (Å²) in [5.74, 6) is -0.421. The number of carboxylic acids is 1. The van der Waals surface area contributed by atoms with Gasteiger partial charge in [0.2, 0.25) is 0 Å². The average Bonchev–Trinajstić information content (AvgIpc) is 2.72. The molecule has 0 unspecified atom stereocenters. The highest BCUT2D eigenvalue weighted by Crippen LogP contribution is 2.38. The van der Waals surface area contributed by atoms with Gasteiger partial charge in [-0.3, -0.25) is 0 Å². The van der Waals surface area contributed by atoms with Crippen LogP contribution in [0.2, 0.25) is 0 Å². The van der Waals surface area contributed by atoms with E-state index in [4.69, 9.17) is 10.1 Å². The first-order chi connectivity index (χ1) is 15.4. The van der Waals surface area contributed by atoms with E-state index in [0.717, 1.165) is 62.1 Å². The largest absolute Gasteiger partial charge is 0.477 e. The molecular weight excluding hydrogens is 404 g/mol. The van der Waals surface area contributed by atoms with Crippen LogP contribution in [0.1, 0.15) is 62.0 Å². The molecule has 4 rings (SSSR count). The van der Waals surface area contributed by atoms with E-state index in [-0.39, 0.29) is 23.8 Å². The summed E-state index contributed by atoms with van der Waals surface area (Å²) < 4.78 is 5.99. The zero-order valence-corrected chi connectivity index (χ0v) is 18.8. The van der Waals surface area contributed by atoms with Gasteiger partial charge in [0, 0.05) is 30.4 Å². The van der Waals surface area contributed by atoms with Crippen LogP contribution in [0.4, 0.5) is 17.2 Å². The Kier molecular flexibility index (Phi) is 6.74. The van der Waals surface area contributed by atoms with Crippen molar-refractivity contribution in [2.45, 2.75) is 58.2 Å². The minimum absolute atomic E-state index is 0.0101. The molecule has 3 N–H and O–H groups in total. The molecule has 0 spiro atoms. The molecule has 1 saturated carbocycles. The third-order valence-corrected chi connectivity index (χ3v) is 6.28. The van der Waals surface area contributed by atoms with Crippen LogP contribution in [0.3, 0.4) is 0 Å². The Morgan fingerprint density at radius 3 is 2.44 bits per heavy atom. The molecule has 0 amide bonds. The molecule has 0 bridgehead atoms. The molecule has 7 heteroatoms. The van der Waals surface area contributed by atoms with Crippen LogP contribution >= 0.6 is 0 Å². The number of para-hydroxylation sites is 1. The topological polar surface area (TPSA) is 98.5 Å². The van der Waals surface area contributed by atoms with Crippen LogP contribution in [-0.4, -0.2) is 47.1 Å². The number of pyridine rings is 1. The number of piperidine rings is 1. The predicted molar refractivity (Wildman–Crippen MR) is 127 cm³/mol. The standard InChI is InChI=1S/C25H32N4O3/c1-16(2)32-19-11-13-29(14-12-19)21-15-20(25(30)31)28-24(27-18-9-4-3-5-10-18)22(21)23(26)17-7-6-8-17/h3-5,9-10,15-17,19,26H,6-8,11-14H2,1-2H3,(H,27,28)(H,30,31). The molecule has 1 saturated heterocycles. The third-order valence-electron chi connectivity index (χ3n) is 6.28. The van der Waals surface area contributed by atoms with Crippen molar-refractivity contribution in [3.05, 3.63) is 47.7 Å². The van der Waals surface area contributed by atoms with Gasteiger partial charge in [-0.05, 0) is 57.7 Å². The lowest BCUT2D eigenvalue weighted by molar-refractivity contribution is -0.00479. The van der Waals surface area contributed by atoms with Gasteiger partial charge in [-0.25, -0.2) is 9.78 Å². The monoisotopic (exact) mass is 436 g/mol. The summed E-state index contributed by atoms with van der Waals surface area (Å²) >= 11 is 0. The number of hydrogen-bond donors (Lipinski definition) is 3. The molecule has 2 heterocycles. The van der Waals surface area contributed by atoms with E-state index in [1.54, 1.807) is 6.07 Å². The molecule has 7 nitrogen and oxygen atoms in total. The summed E-state index contributed by atoms with van der Waals surface area (Å²) in [6.45, 7) is 5.62. The average molecular weight is 437 g/mol. The second-order valence-corrected chi connectivity index (χ2v) is 8.96. The summed E-state index contributed by atoms with van der Waals surface area (Å²) in [5, 5.41) is 22.0. The minimum Gasteiger partial charge on any atom is -0.477 e. The number of ether oxygens (including phenoxy) is 1. The maximum atomic E-state index is 11.9. The molecule has 1 aliphatic heterocycles. The maximum absolute atomic E-state index is 11.9. The number of anilines is 3.